The molecule has 0 unspecified atom stereocenters. The van der Waals surface area contributed by atoms with Gasteiger partial charge in [-0.25, -0.2) is 0 Å². The van der Waals surface area contributed by atoms with Crippen molar-refractivity contribution in [3.63, 3.8) is 0 Å². The summed E-state index contributed by atoms with van der Waals surface area (Å²) < 4.78 is 10.4. The molecule has 21 heavy (non-hydrogen) atoms. The van der Waals surface area contributed by atoms with E-state index in [0.717, 1.165) is 0 Å². The van der Waals surface area contributed by atoms with Crippen LogP contribution in [0, 0.1) is 5.41 Å². The number of hydrogen-bond donors (Lipinski definition) is 2. The maximum atomic E-state index is 12.6. The van der Waals surface area contributed by atoms with E-state index in [1.54, 1.807) is 18.2 Å². The fourth-order valence-corrected chi connectivity index (χ4v) is 2.79. The molecule has 1 heterocycles. The Kier molecular flexibility index (Phi) is 5.03. The van der Waals surface area contributed by atoms with Gasteiger partial charge in [-0.1, -0.05) is 23.8 Å². The highest BCUT2D eigenvalue weighted by Gasteiger charge is 2.43. The van der Waals surface area contributed by atoms with Crippen LogP contribution in [0.1, 0.15) is 12.8 Å². The van der Waals surface area contributed by atoms with Crippen molar-refractivity contribution in [2.75, 3.05) is 25.6 Å². The highest BCUT2D eigenvalue weighted by molar-refractivity contribution is 7.80. The lowest BCUT2D eigenvalue weighted by Gasteiger charge is -2.34. The first kappa shape index (κ1) is 16.0. The molecule has 2 rings (SSSR count). The predicted octanol–water partition coefficient (Wildman–Crippen LogP) is 2.37. The molecule has 1 amide bonds. The lowest BCUT2D eigenvalue weighted by Crippen LogP contribution is -2.49. The van der Waals surface area contributed by atoms with Gasteiger partial charge >= 0.3 is 0 Å². The lowest BCUT2D eigenvalue weighted by atomic mass is 9.79. The number of ether oxygens (including phenoxy) is 2. The smallest absolute Gasteiger partial charge is 0.237 e. The summed E-state index contributed by atoms with van der Waals surface area (Å²) in [5, 5.41) is 3.31. The van der Waals surface area contributed by atoms with Crippen LogP contribution in [0.4, 0.5) is 5.69 Å². The van der Waals surface area contributed by atoms with Crippen LogP contribution in [0.3, 0.4) is 0 Å². The van der Waals surface area contributed by atoms with Crippen LogP contribution in [0.25, 0.3) is 0 Å². The second-order valence-electron chi connectivity index (χ2n) is 4.86. The normalized spacial score (nSPS) is 17.0. The number of amides is 1. The molecule has 0 spiro atoms. The number of nitrogens with two attached hydrogens (primary N) is 1. The molecule has 5 nitrogen and oxygen atoms in total. The van der Waals surface area contributed by atoms with Gasteiger partial charge in [-0.15, -0.1) is 0 Å². The van der Waals surface area contributed by atoms with E-state index in [9.17, 15) is 4.79 Å². The molecule has 1 aliphatic heterocycles. The maximum absolute atomic E-state index is 12.6. The Morgan fingerprint density at radius 3 is 2.71 bits per heavy atom. The molecule has 0 saturated carbocycles. The molecule has 1 fully saturated rings. The Hall–Kier alpha value is -1.37. The van der Waals surface area contributed by atoms with E-state index >= 15 is 0 Å². The summed E-state index contributed by atoms with van der Waals surface area (Å²) in [7, 11) is 1.52. The first-order valence-electron chi connectivity index (χ1n) is 6.52. The van der Waals surface area contributed by atoms with E-state index in [1.807, 2.05) is 0 Å². The number of methoxy groups -OCH3 is 1. The number of carbonyl (C=O) groups excluding carboxylic acids is 1. The molecular formula is C14H17ClN2O3S. The molecule has 0 aromatic heterocycles. The Labute approximate surface area is 133 Å². The van der Waals surface area contributed by atoms with Gasteiger partial charge in [0, 0.05) is 25.0 Å². The van der Waals surface area contributed by atoms with Crippen molar-refractivity contribution in [3.8, 4) is 5.75 Å². The van der Waals surface area contributed by atoms with E-state index in [-0.39, 0.29) is 10.9 Å². The molecular weight excluding hydrogens is 312 g/mol. The highest BCUT2D eigenvalue weighted by Crippen LogP contribution is 2.34. The van der Waals surface area contributed by atoms with Crippen LogP contribution in [0.5, 0.6) is 5.75 Å². The molecule has 7 heteroatoms. The Morgan fingerprint density at radius 1 is 1.48 bits per heavy atom. The molecule has 0 radical (unpaired) electrons. The number of anilines is 1. The summed E-state index contributed by atoms with van der Waals surface area (Å²) in [6, 6.07) is 5.02. The fourth-order valence-electron chi connectivity index (χ4n) is 2.29. The van der Waals surface area contributed by atoms with E-state index in [0.29, 0.717) is 42.5 Å². The zero-order valence-corrected chi connectivity index (χ0v) is 13.2. The van der Waals surface area contributed by atoms with Crippen molar-refractivity contribution < 1.29 is 14.3 Å². The Balaban J connectivity index is 2.21. The minimum Gasteiger partial charge on any atom is -0.495 e. The van der Waals surface area contributed by atoms with E-state index in [2.05, 4.69) is 5.32 Å². The molecule has 1 saturated heterocycles. The monoisotopic (exact) mass is 328 g/mol. The molecule has 0 atom stereocenters. The van der Waals surface area contributed by atoms with Crippen molar-refractivity contribution in [2.45, 2.75) is 12.8 Å². The summed E-state index contributed by atoms with van der Waals surface area (Å²) in [6.45, 7) is 0.934. The molecule has 1 aromatic carbocycles. The van der Waals surface area contributed by atoms with E-state index in [1.165, 1.54) is 7.11 Å². The molecule has 0 aliphatic carbocycles. The maximum Gasteiger partial charge on any atom is 0.237 e. The largest absolute Gasteiger partial charge is 0.495 e. The first-order valence-corrected chi connectivity index (χ1v) is 7.31. The lowest BCUT2D eigenvalue weighted by molar-refractivity contribution is -0.126. The van der Waals surface area contributed by atoms with Gasteiger partial charge in [-0.05, 0) is 25.0 Å². The summed E-state index contributed by atoms with van der Waals surface area (Å²) in [5.41, 5.74) is 5.53. The predicted molar refractivity (Wildman–Crippen MR) is 85.9 cm³/mol. The minimum atomic E-state index is -0.861. The Morgan fingerprint density at radius 2 is 2.14 bits per heavy atom. The van der Waals surface area contributed by atoms with Crippen LogP contribution < -0.4 is 15.8 Å². The number of nitrogens with one attached hydrogen (secondary N) is 1. The molecule has 1 aromatic rings. The number of halogens is 1. The SMILES string of the molecule is COc1cc(NC(=O)C2(C(N)=S)CCOCC2)ccc1Cl. The van der Waals surface area contributed by atoms with Gasteiger partial charge in [0.15, 0.2) is 0 Å². The molecule has 1 aliphatic rings. The summed E-state index contributed by atoms with van der Waals surface area (Å²) >= 11 is 11.1. The summed E-state index contributed by atoms with van der Waals surface area (Å²) in [4.78, 5) is 12.8. The second-order valence-corrected chi connectivity index (χ2v) is 5.71. The quantitative estimate of drug-likeness (QED) is 0.830. The van der Waals surface area contributed by atoms with Crippen molar-refractivity contribution in [3.05, 3.63) is 23.2 Å². The number of thiocarbonyl (C=S) groups is 1. The van der Waals surface area contributed by atoms with E-state index < -0.39 is 5.41 Å². The summed E-state index contributed by atoms with van der Waals surface area (Å²) in [5.74, 6) is 0.272. The van der Waals surface area contributed by atoms with Gasteiger partial charge in [0.1, 0.15) is 11.2 Å². The number of carbonyl (C=O) groups is 1. The minimum absolute atomic E-state index is 0.198. The third kappa shape index (κ3) is 3.28. The van der Waals surface area contributed by atoms with Crippen LogP contribution in [0.2, 0.25) is 5.02 Å². The van der Waals surface area contributed by atoms with Crippen LogP contribution in [-0.4, -0.2) is 31.2 Å². The number of benzene rings is 1. The average molecular weight is 329 g/mol. The van der Waals surface area contributed by atoms with Crippen LogP contribution in [0.15, 0.2) is 18.2 Å². The van der Waals surface area contributed by atoms with Gasteiger partial charge in [-0.2, -0.15) is 0 Å². The first-order chi connectivity index (χ1) is 9.99. The topological polar surface area (TPSA) is 73.6 Å². The zero-order chi connectivity index (χ0) is 15.5. The third-order valence-electron chi connectivity index (χ3n) is 3.66. The fraction of sp³-hybridized carbons (Fsp3) is 0.429. The number of hydrogen-bond acceptors (Lipinski definition) is 4. The average Bonchev–Trinajstić information content (AvgIpc) is 2.49. The third-order valence-corrected chi connectivity index (χ3v) is 4.36. The van der Waals surface area contributed by atoms with Gasteiger partial charge in [0.2, 0.25) is 5.91 Å². The van der Waals surface area contributed by atoms with Gasteiger partial charge in [0.25, 0.3) is 0 Å². The van der Waals surface area contributed by atoms with Gasteiger partial charge in [0.05, 0.1) is 17.1 Å². The highest BCUT2D eigenvalue weighted by atomic mass is 35.5. The molecule has 3 N–H and O–H groups in total. The van der Waals surface area contributed by atoms with Crippen molar-refractivity contribution in [2.24, 2.45) is 11.1 Å². The zero-order valence-electron chi connectivity index (χ0n) is 11.6. The van der Waals surface area contributed by atoms with Gasteiger partial charge < -0.3 is 20.5 Å². The van der Waals surface area contributed by atoms with Gasteiger partial charge in [-0.3, -0.25) is 4.79 Å². The van der Waals surface area contributed by atoms with Crippen molar-refractivity contribution in [1.29, 1.82) is 0 Å². The molecule has 0 bridgehead atoms. The number of rotatable bonds is 4. The Bertz CT molecular complexity index is 559. The van der Waals surface area contributed by atoms with E-state index in [4.69, 9.17) is 39.0 Å². The summed E-state index contributed by atoms with van der Waals surface area (Å²) in [6.07, 6.45) is 0.970. The van der Waals surface area contributed by atoms with Crippen LogP contribution >= 0.6 is 23.8 Å². The van der Waals surface area contributed by atoms with Crippen molar-refractivity contribution >= 4 is 40.4 Å². The second kappa shape index (κ2) is 6.60. The van der Waals surface area contributed by atoms with Crippen molar-refractivity contribution in [1.82, 2.24) is 0 Å². The standard InChI is InChI=1S/C14H17ClN2O3S/c1-19-11-8-9(2-3-10(11)15)17-13(18)14(12(16)21)4-6-20-7-5-14/h2-3,8H,4-7H2,1H3,(H2,16,21)(H,17,18). The molecule has 114 valence electrons. The van der Waals surface area contributed by atoms with Crippen LogP contribution in [-0.2, 0) is 9.53 Å².